The molecule has 0 heterocycles. The van der Waals surface area contributed by atoms with Gasteiger partial charge in [0.15, 0.2) is 0 Å². The molecule has 1 fully saturated rings. The predicted molar refractivity (Wildman–Crippen MR) is 61.3 cm³/mol. The average molecular weight is 213 g/mol. The van der Waals surface area contributed by atoms with Crippen molar-refractivity contribution in [3.05, 3.63) is 0 Å². The van der Waals surface area contributed by atoms with Crippen molar-refractivity contribution >= 4 is 5.90 Å². The molecule has 0 atom stereocenters. The van der Waals surface area contributed by atoms with Gasteiger partial charge in [0.25, 0.3) is 0 Å². The lowest BCUT2D eigenvalue weighted by molar-refractivity contribution is -0.0465. The van der Waals surface area contributed by atoms with Crippen LogP contribution in [0.15, 0.2) is 0 Å². The first-order valence-electron chi connectivity index (χ1n) is 5.73. The number of methoxy groups -OCH3 is 1. The molecule has 3 nitrogen and oxygen atoms in total. The molecule has 0 unspecified atom stereocenters. The zero-order chi connectivity index (χ0) is 11.5. The third-order valence-electron chi connectivity index (χ3n) is 3.45. The van der Waals surface area contributed by atoms with E-state index in [-0.39, 0.29) is 0 Å². The monoisotopic (exact) mass is 213 g/mol. The first kappa shape index (κ1) is 12.5. The zero-order valence-electron chi connectivity index (χ0n) is 10.4. The molecule has 88 valence electrons. The summed E-state index contributed by atoms with van der Waals surface area (Å²) in [5.74, 6) is 0.292. The van der Waals surface area contributed by atoms with Crippen molar-refractivity contribution in [1.29, 1.82) is 5.41 Å². The number of ether oxygens (including phenoxy) is 2. The number of hydrogen-bond donors (Lipinski definition) is 1. The van der Waals surface area contributed by atoms with Crippen LogP contribution in [0.5, 0.6) is 0 Å². The van der Waals surface area contributed by atoms with Gasteiger partial charge in [-0.05, 0) is 38.0 Å². The van der Waals surface area contributed by atoms with Gasteiger partial charge in [-0.3, -0.25) is 5.41 Å². The van der Waals surface area contributed by atoms with E-state index in [4.69, 9.17) is 14.9 Å². The Kier molecular flexibility index (Phi) is 3.77. The number of nitrogens with one attached hydrogen (secondary N) is 1. The third-order valence-corrected chi connectivity index (χ3v) is 3.45. The topological polar surface area (TPSA) is 42.3 Å². The second-order valence-electron chi connectivity index (χ2n) is 5.12. The van der Waals surface area contributed by atoms with Crippen LogP contribution in [0, 0.1) is 10.8 Å². The molecule has 3 heteroatoms. The second kappa shape index (κ2) is 4.52. The minimum atomic E-state index is -0.445. The molecule has 0 aromatic heterocycles. The second-order valence-corrected chi connectivity index (χ2v) is 5.12. The minimum absolute atomic E-state index is 0.292. The van der Waals surface area contributed by atoms with Crippen LogP contribution >= 0.6 is 0 Å². The maximum absolute atomic E-state index is 7.87. The van der Waals surface area contributed by atoms with Crippen LogP contribution in [-0.2, 0) is 9.47 Å². The molecular formula is C12H23NO2. The van der Waals surface area contributed by atoms with Crippen LogP contribution in [0.2, 0.25) is 0 Å². The Hall–Kier alpha value is -0.570. The molecule has 0 aliphatic heterocycles. The van der Waals surface area contributed by atoms with Gasteiger partial charge in [0.1, 0.15) is 5.60 Å². The zero-order valence-corrected chi connectivity index (χ0v) is 10.4. The molecule has 0 radical (unpaired) electrons. The maximum Gasteiger partial charge on any atom is 0.213 e. The number of rotatable bonds is 3. The molecule has 1 aliphatic carbocycles. The molecule has 1 aliphatic rings. The Morgan fingerprint density at radius 2 is 1.73 bits per heavy atom. The smallest absolute Gasteiger partial charge is 0.213 e. The Morgan fingerprint density at radius 1 is 1.20 bits per heavy atom. The van der Waals surface area contributed by atoms with Crippen LogP contribution in [0.4, 0.5) is 0 Å². The van der Waals surface area contributed by atoms with Crippen molar-refractivity contribution in [2.45, 2.75) is 52.1 Å². The lowest BCUT2D eigenvalue weighted by Crippen LogP contribution is -2.46. The minimum Gasteiger partial charge on any atom is -0.482 e. The fourth-order valence-corrected chi connectivity index (χ4v) is 2.23. The van der Waals surface area contributed by atoms with Crippen molar-refractivity contribution in [3.8, 4) is 0 Å². The van der Waals surface area contributed by atoms with E-state index in [2.05, 4.69) is 13.8 Å². The lowest BCUT2D eigenvalue weighted by atomic mass is 9.70. The third kappa shape index (κ3) is 2.71. The normalized spacial score (nSPS) is 23.5. The quantitative estimate of drug-likeness (QED) is 0.578. The van der Waals surface area contributed by atoms with E-state index in [0.29, 0.717) is 17.9 Å². The highest BCUT2D eigenvalue weighted by molar-refractivity contribution is 5.82. The molecule has 0 saturated heterocycles. The summed E-state index contributed by atoms with van der Waals surface area (Å²) in [5, 5.41) is 7.87. The maximum atomic E-state index is 7.87. The van der Waals surface area contributed by atoms with Crippen LogP contribution in [0.3, 0.4) is 0 Å². The highest BCUT2D eigenvalue weighted by Crippen LogP contribution is 2.42. The molecule has 1 saturated carbocycles. The SMILES string of the molecule is CCOC1(C(=N)OC)CCC(C)(C)CC1. The van der Waals surface area contributed by atoms with Crippen LogP contribution in [0.25, 0.3) is 0 Å². The summed E-state index contributed by atoms with van der Waals surface area (Å²) >= 11 is 0. The van der Waals surface area contributed by atoms with E-state index in [9.17, 15) is 0 Å². The molecule has 1 rings (SSSR count). The molecule has 0 aromatic carbocycles. The van der Waals surface area contributed by atoms with Crippen LogP contribution < -0.4 is 0 Å². The Balaban J connectivity index is 2.73. The van der Waals surface area contributed by atoms with E-state index in [0.717, 1.165) is 25.7 Å². The van der Waals surface area contributed by atoms with Gasteiger partial charge in [0.05, 0.1) is 7.11 Å². The van der Waals surface area contributed by atoms with Crippen molar-refractivity contribution < 1.29 is 9.47 Å². The molecular weight excluding hydrogens is 190 g/mol. The van der Waals surface area contributed by atoms with Gasteiger partial charge >= 0.3 is 0 Å². The summed E-state index contributed by atoms with van der Waals surface area (Å²) < 4.78 is 10.8. The van der Waals surface area contributed by atoms with E-state index >= 15 is 0 Å². The number of hydrogen-bond acceptors (Lipinski definition) is 3. The highest BCUT2D eigenvalue weighted by Gasteiger charge is 2.43. The van der Waals surface area contributed by atoms with E-state index < -0.39 is 5.60 Å². The summed E-state index contributed by atoms with van der Waals surface area (Å²) in [4.78, 5) is 0. The van der Waals surface area contributed by atoms with Crippen molar-refractivity contribution in [3.63, 3.8) is 0 Å². The van der Waals surface area contributed by atoms with Gasteiger partial charge in [-0.25, -0.2) is 0 Å². The van der Waals surface area contributed by atoms with Crippen molar-refractivity contribution in [2.24, 2.45) is 5.41 Å². The van der Waals surface area contributed by atoms with E-state index in [1.807, 2.05) is 6.92 Å². The van der Waals surface area contributed by atoms with E-state index in [1.165, 1.54) is 0 Å². The fraction of sp³-hybridized carbons (Fsp3) is 0.917. The highest BCUT2D eigenvalue weighted by atomic mass is 16.5. The van der Waals surface area contributed by atoms with Gasteiger partial charge in [0, 0.05) is 6.61 Å². The van der Waals surface area contributed by atoms with E-state index in [1.54, 1.807) is 7.11 Å². The average Bonchev–Trinajstić information content (AvgIpc) is 2.21. The van der Waals surface area contributed by atoms with Gasteiger partial charge in [-0.15, -0.1) is 0 Å². The molecule has 15 heavy (non-hydrogen) atoms. The predicted octanol–water partition coefficient (Wildman–Crippen LogP) is 2.99. The summed E-state index contributed by atoms with van der Waals surface area (Å²) in [7, 11) is 1.56. The summed E-state index contributed by atoms with van der Waals surface area (Å²) in [6.07, 6.45) is 4.00. The first-order valence-corrected chi connectivity index (χ1v) is 5.73. The first-order chi connectivity index (χ1) is 6.96. The Bertz CT molecular complexity index is 226. The standard InChI is InChI=1S/C12H23NO2/c1-5-15-12(10(13)14-4)8-6-11(2,3)7-9-12/h13H,5-9H2,1-4H3. The largest absolute Gasteiger partial charge is 0.482 e. The molecule has 0 spiro atoms. The molecule has 0 bridgehead atoms. The Morgan fingerprint density at radius 3 is 2.13 bits per heavy atom. The molecule has 0 aromatic rings. The molecule has 1 N–H and O–H groups in total. The van der Waals surface area contributed by atoms with Crippen LogP contribution in [-0.4, -0.2) is 25.2 Å². The van der Waals surface area contributed by atoms with Crippen molar-refractivity contribution in [2.75, 3.05) is 13.7 Å². The summed E-state index contributed by atoms with van der Waals surface area (Å²) in [6.45, 7) is 7.18. The Labute approximate surface area is 92.7 Å². The van der Waals surface area contributed by atoms with Gasteiger partial charge in [-0.1, -0.05) is 13.8 Å². The van der Waals surface area contributed by atoms with Gasteiger partial charge in [-0.2, -0.15) is 0 Å². The fourth-order valence-electron chi connectivity index (χ4n) is 2.23. The van der Waals surface area contributed by atoms with Gasteiger partial charge in [0.2, 0.25) is 5.90 Å². The van der Waals surface area contributed by atoms with Gasteiger partial charge < -0.3 is 9.47 Å². The van der Waals surface area contributed by atoms with Crippen molar-refractivity contribution in [1.82, 2.24) is 0 Å². The summed E-state index contributed by atoms with van der Waals surface area (Å²) in [5.41, 5.74) is -0.0619. The lowest BCUT2D eigenvalue weighted by Gasteiger charge is -2.42. The summed E-state index contributed by atoms with van der Waals surface area (Å²) in [6, 6.07) is 0. The van der Waals surface area contributed by atoms with Crippen LogP contribution in [0.1, 0.15) is 46.5 Å². The molecule has 0 amide bonds.